The zero-order valence-corrected chi connectivity index (χ0v) is 12.3. The van der Waals surface area contributed by atoms with E-state index in [1.165, 1.54) is 13.0 Å². The highest BCUT2D eigenvalue weighted by molar-refractivity contribution is 9.10. The molecule has 0 aliphatic heterocycles. The average Bonchev–Trinajstić information content (AvgIpc) is 2.31. The van der Waals surface area contributed by atoms with Gasteiger partial charge in [-0.05, 0) is 59.1 Å². The van der Waals surface area contributed by atoms with Gasteiger partial charge in [0.05, 0.1) is 4.47 Å². The van der Waals surface area contributed by atoms with E-state index >= 15 is 0 Å². The Morgan fingerprint density at radius 3 is 2.63 bits per heavy atom. The van der Waals surface area contributed by atoms with Crippen LogP contribution in [0, 0.1) is 5.82 Å². The third kappa shape index (κ3) is 5.34. The molecule has 1 aromatic carbocycles. The molecule has 0 spiro atoms. The minimum atomic E-state index is -0.545. The Labute approximate surface area is 119 Å². The smallest absolute Gasteiger partial charge is 0.313 e. The van der Waals surface area contributed by atoms with Crippen molar-refractivity contribution in [2.45, 2.75) is 20.3 Å². The summed E-state index contributed by atoms with van der Waals surface area (Å²) < 4.78 is 18.3. The van der Waals surface area contributed by atoms with Crippen molar-refractivity contribution in [2.75, 3.05) is 6.61 Å². The van der Waals surface area contributed by atoms with Crippen molar-refractivity contribution in [1.82, 2.24) is 0 Å². The third-order valence-corrected chi connectivity index (χ3v) is 3.01. The summed E-state index contributed by atoms with van der Waals surface area (Å²) >= 11 is 3.11. The molecule has 1 aromatic rings. The number of hydrogen-bond acceptors (Lipinski definition) is 3. The minimum absolute atomic E-state index is 0.0902. The maximum absolute atomic E-state index is 13.1. The number of allylic oxidation sites excluding steroid dienone is 1. The molecular formula is C14H14BrFO3. The normalized spacial score (nSPS) is 11.3. The van der Waals surface area contributed by atoms with Crippen LogP contribution in [0.2, 0.25) is 0 Å². The summed E-state index contributed by atoms with van der Waals surface area (Å²) in [6.07, 6.45) is 1.49. The molecule has 19 heavy (non-hydrogen) atoms. The molecule has 102 valence electrons. The third-order valence-electron chi connectivity index (χ3n) is 2.40. The lowest BCUT2D eigenvalue weighted by atomic mass is 10.1. The summed E-state index contributed by atoms with van der Waals surface area (Å²) in [5, 5.41) is 0. The van der Waals surface area contributed by atoms with Crippen LogP contribution in [0.5, 0.6) is 0 Å². The van der Waals surface area contributed by atoms with Crippen LogP contribution in [-0.2, 0) is 14.3 Å². The monoisotopic (exact) mass is 328 g/mol. The molecule has 0 aliphatic rings. The van der Waals surface area contributed by atoms with Crippen LogP contribution in [0.3, 0.4) is 0 Å². The van der Waals surface area contributed by atoms with Crippen molar-refractivity contribution < 1.29 is 18.7 Å². The molecule has 0 atom stereocenters. The van der Waals surface area contributed by atoms with Gasteiger partial charge in [-0.3, -0.25) is 9.59 Å². The van der Waals surface area contributed by atoms with Crippen LogP contribution < -0.4 is 0 Å². The van der Waals surface area contributed by atoms with Crippen molar-refractivity contribution in [2.24, 2.45) is 0 Å². The number of carbonyl (C=O) groups excluding carboxylic acids is 2. The van der Waals surface area contributed by atoms with Crippen molar-refractivity contribution in [3.63, 3.8) is 0 Å². The fourth-order valence-electron chi connectivity index (χ4n) is 1.37. The number of esters is 1. The summed E-state index contributed by atoms with van der Waals surface area (Å²) in [6.45, 7) is 3.25. The molecule has 0 N–H and O–H groups in total. The lowest BCUT2D eigenvalue weighted by molar-refractivity contribution is -0.144. The van der Waals surface area contributed by atoms with Gasteiger partial charge in [0.25, 0.3) is 0 Å². The molecule has 1 rings (SSSR count). The van der Waals surface area contributed by atoms with Crippen LogP contribution in [0.15, 0.2) is 28.7 Å². The maximum Gasteiger partial charge on any atom is 0.313 e. The minimum Gasteiger partial charge on any atom is -0.461 e. The molecule has 0 bridgehead atoms. The molecule has 0 heterocycles. The van der Waals surface area contributed by atoms with Crippen LogP contribution in [0.1, 0.15) is 25.8 Å². The van der Waals surface area contributed by atoms with E-state index in [1.807, 2.05) is 6.92 Å². The van der Waals surface area contributed by atoms with E-state index in [0.29, 0.717) is 4.47 Å². The molecule has 0 saturated heterocycles. The Balaban J connectivity index is 2.59. The van der Waals surface area contributed by atoms with Gasteiger partial charge in [0, 0.05) is 0 Å². The van der Waals surface area contributed by atoms with E-state index < -0.39 is 5.97 Å². The number of ketones is 1. The number of Topliss-reactive ketones (excluding diaryl/α,β-unsaturated/α-hetero) is 1. The molecule has 0 amide bonds. The molecule has 0 radical (unpaired) electrons. The van der Waals surface area contributed by atoms with Crippen molar-refractivity contribution in [3.05, 3.63) is 40.1 Å². The van der Waals surface area contributed by atoms with E-state index in [9.17, 15) is 14.0 Å². The summed E-state index contributed by atoms with van der Waals surface area (Å²) in [6, 6.07) is 4.65. The van der Waals surface area contributed by atoms with Gasteiger partial charge in [0.1, 0.15) is 24.6 Å². The molecule has 0 saturated carbocycles. The van der Waals surface area contributed by atoms with E-state index in [1.54, 1.807) is 18.2 Å². The van der Waals surface area contributed by atoms with Crippen LogP contribution in [-0.4, -0.2) is 18.4 Å². The predicted octanol–water partition coefficient (Wildman–Crippen LogP) is 3.51. The molecular weight excluding hydrogens is 315 g/mol. The number of halogens is 2. The zero-order valence-electron chi connectivity index (χ0n) is 10.7. The van der Waals surface area contributed by atoms with Gasteiger partial charge >= 0.3 is 5.97 Å². The summed E-state index contributed by atoms with van der Waals surface area (Å²) in [4.78, 5) is 21.8. The highest BCUT2D eigenvalue weighted by Crippen LogP contribution is 2.21. The SMILES string of the molecule is CC(=O)CC(=O)OCC=C(C)c1ccc(F)c(Br)c1. The molecule has 0 unspecified atom stereocenters. The van der Waals surface area contributed by atoms with Crippen LogP contribution >= 0.6 is 15.9 Å². The maximum atomic E-state index is 13.1. The van der Waals surface area contributed by atoms with Gasteiger partial charge in [-0.25, -0.2) is 4.39 Å². The van der Waals surface area contributed by atoms with E-state index in [2.05, 4.69) is 15.9 Å². The number of ether oxygens (including phenoxy) is 1. The number of hydrogen-bond donors (Lipinski definition) is 0. The fraction of sp³-hybridized carbons (Fsp3) is 0.286. The zero-order chi connectivity index (χ0) is 14.4. The summed E-state index contributed by atoms with van der Waals surface area (Å²) in [5.41, 5.74) is 1.69. The van der Waals surface area contributed by atoms with Crippen molar-refractivity contribution >= 4 is 33.3 Å². The summed E-state index contributed by atoms with van der Waals surface area (Å²) in [7, 11) is 0. The quantitative estimate of drug-likeness (QED) is 0.613. The second kappa shape index (κ2) is 7.19. The Morgan fingerprint density at radius 1 is 1.37 bits per heavy atom. The highest BCUT2D eigenvalue weighted by Gasteiger charge is 2.06. The predicted molar refractivity (Wildman–Crippen MR) is 74.0 cm³/mol. The Kier molecular flexibility index (Phi) is 5.89. The van der Waals surface area contributed by atoms with Crippen molar-refractivity contribution in [3.8, 4) is 0 Å². The van der Waals surface area contributed by atoms with E-state index in [4.69, 9.17) is 4.74 Å². The van der Waals surface area contributed by atoms with Crippen LogP contribution in [0.25, 0.3) is 5.57 Å². The molecule has 0 aliphatic carbocycles. The first kappa shape index (κ1) is 15.6. The average molecular weight is 329 g/mol. The van der Waals surface area contributed by atoms with Gasteiger partial charge in [0.2, 0.25) is 0 Å². The fourth-order valence-corrected chi connectivity index (χ4v) is 1.75. The topological polar surface area (TPSA) is 43.4 Å². The Bertz CT molecular complexity index is 523. The van der Waals surface area contributed by atoms with E-state index in [0.717, 1.165) is 11.1 Å². The van der Waals surface area contributed by atoms with Gasteiger partial charge in [0.15, 0.2) is 0 Å². The van der Waals surface area contributed by atoms with Gasteiger partial charge in [-0.15, -0.1) is 0 Å². The Morgan fingerprint density at radius 2 is 2.05 bits per heavy atom. The first-order valence-electron chi connectivity index (χ1n) is 5.67. The first-order valence-corrected chi connectivity index (χ1v) is 6.46. The number of rotatable bonds is 5. The summed E-state index contributed by atoms with van der Waals surface area (Å²) in [5.74, 6) is -1.10. The standard InChI is InChI=1S/C14H14BrFO3/c1-9(5-6-19-14(18)7-10(2)17)11-3-4-13(16)12(15)8-11/h3-5,8H,6-7H2,1-2H3. The van der Waals surface area contributed by atoms with Gasteiger partial charge < -0.3 is 4.74 Å². The highest BCUT2D eigenvalue weighted by atomic mass is 79.9. The largest absolute Gasteiger partial charge is 0.461 e. The van der Waals surface area contributed by atoms with Gasteiger partial charge in [-0.2, -0.15) is 0 Å². The second-order valence-electron chi connectivity index (χ2n) is 4.08. The van der Waals surface area contributed by atoms with Crippen molar-refractivity contribution in [1.29, 1.82) is 0 Å². The number of benzene rings is 1. The molecule has 3 nitrogen and oxygen atoms in total. The lowest BCUT2D eigenvalue weighted by Gasteiger charge is -2.04. The van der Waals surface area contributed by atoms with E-state index in [-0.39, 0.29) is 24.6 Å². The molecule has 0 aromatic heterocycles. The number of carbonyl (C=O) groups is 2. The molecule has 5 heteroatoms. The first-order chi connectivity index (χ1) is 8.90. The van der Waals surface area contributed by atoms with Crippen LogP contribution in [0.4, 0.5) is 4.39 Å². The lowest BCUT2D eigenvalue weighted by Crippen LogP contribution is -2.08. The Hall–Kier alpha value is -1.49. The molecule has 0 fully saturated rings. The second-order valence-corrected chi connectivity index (χ2v) is 4.93. The van der Waals surface area contributed by atoms with Gasteiger partial charge in [-0.1, -0.05) is 6.07 Å².